The Balaban J connectivity index is 1.64. The summed E-state index contributed by atoms with van der Waals surface area (Å²) in [6, 6.07) is 5.16. The quantitative estimate of drug-likeness (QED) is 0.911. The van der Waals surface area contributed by atoms with E-state index in [1.54, 1.807) is 12.1 Å². The summed E-state index contributed by atoms with van der Waals surface area (Å²) in [5.41, 5.74) is 0.831. The molecule has 2 atom stereocenters. The van der Waals surface area contributed by atoms with Gasteiger partial charge in [0.25, 0.3) is 0 Å². The average Bonchev–Trinajstić information content (AvgIpc) is 3.06. The highest BCUT2D eigenvalue weighted by Gasteiger charge is 2.50. The lowest BCUT2D eigenvalue weighted by atomic mass is 9.95. The van der Waals surface area contributed by atoms with E-state index in [1.165, 1.54) is 0 Å². The number of nitrogens with zero attached hydrogens (tertiary/aromatic N) is 1. The number of aliphatic hydroxyl groups excluding tert-OH is 1. The van der Waals surface area contributed by atoms with Crippen molar-refractivity contribution in [2.24, 2.45) is 0 Å². The van der Waals surface area contributed by atoms with E-state index in [0.717, 1.165) is 37.8 Å². The van der Waals surface area contributed by atoms with Crippen molar-refractivity contribution in [2.75, 3.05) is 13.2 Å². The summed E-state index contributed by atoms with van der Waals surface area (Å²) in [5.74, 6) is 0.176. The van der Waals surface area contributed by atoms with E-state index < -0.39 is 6.29 Å². The first-order valence-corrected chi connectivity index (χ1v) is 7.30. The smallest absolute Gasteiger partial charge is 0.395 e. The van der Waals surface area contributed by atoms with E-state index >= 15 is 0 Å². The Kier molecular flexibility index (Phi) is 2.72. The van der Waals surface area contributed by atoms with Gasteiger partial charge in [0.15, 0.2) is 11.5 Å². The first-order chi connectivity index (χ1) is 10.0. The fraction of sp³-hybridized carbons (Fsp3) is 0.600. The van der Waals surface area contributed by atoms with Crippen molar-refractivity contribution in [1.82, 2.24) is 4.90 Å². The molecular formula is C15H17F2NO3. The molecule has 0 aliphatic carbocycles. The summed E-state index contributed by atoms with van der Waals surface area (Å²) < 4.78 is 35.1. The van der Waals surface area contributed by atoms with E-state index in [9.17, 15) is 13.9 Å². The first kappa shape index (κ1) is 13.3. The molecule has 2 fully saturated rings. The van der Waals surface area contributed by atoms with Crippen LogP contribution in [0.1, 0.15) is 37.3 Å². The summed E-state index contributed by atoms with van der Waals surface area (Å²) in [4.78, 5) is 2.32. The number of hydrogen-bond acceptors (Lipinski definition) is 4. The molecule has 0 radical (unpaired) electrons. The average molecular weight is 297 g/mol. The second-order valence-corrected chi connectivity index (χ2v) is 6.11. The van der Waals surface area contributed by atoms with Crippen LogP contribution in [0.2, 0.25) is 0 Å². The maximum Gasteiger partial charge on any atom is 0.586 e. The minimum atomic E-state index is -3.57. The summed E-state index contributed by atoms with van der Waals surface area (Å²) in [7, 11) is 0. The van der Waals surface area contributed by atoms with Crippen LogP contribution in [0.25, 0.3) is 0 Å². The Morgan fingerprint density at radius 3 is 2.86 bits per heavy atom. The molecule has 6 heteroatoms. The van der Waals surface area contributed by atoms with Gasteiger partial charge in [0, 0.05) is 11.6 Å². The van der Waals surface area contributed by atoms with Gasteiger partial charge in [0.05, 0.1) is 6.61 Å². The lowest BCUT2D eigenvalue weighted by Gasteiger charge is -2.33. The fourth-order valence-electron chi connectivity index (χ4n) is 4.04. The number of halogens is 2. The zero-order valence-electron chi connectivity index (χ0n) is 11.5. The van der Waals surface area contributed by atoms with Crippen LogP contribution < -0.4 is 9.47 Å². The van der Waals surface area contributed by atoms with Gasteiger partial charge < -0.3 is 14.6 Å². The molecule has 0 spiro atoms. The minimum absolute atomic E-state index is 0.0802. The summed E-state index contributed by atoms with van der Waals surface area (Å²) >= 11 is 0. The van der Waals surface area contributed by atoms with Crippen molar-refractivity contribution in [3.05, 3.63) is 23.8 Å². The highest BCUT2D eigenvalue weighted by molar-refractivity contribution is 5.46. The predicted molar refractivity (Wildman–Crippen MR) is 70.4 cm³/mol. The Labute approximate surface area is 121 Å². The first-order valence-electron chi connectivity index (χ1n) is 7.30. The van der Waals surface area contributed by atoms with Gasteiger partial charge in [0.2, 0.25) is 0 Å². The van der Waals surface area contributed by atoms with Crippen LogP contribution in [0.4, 0.5) is 8.78 Å². The van der Waals surface area contributed by atoms with E-state index in [2.05, 4.69) is 14.4 Å². The van der Waals surface area contributed by atoms with E-state index in [-0.39, 0.29) is 29.7 Å². The molecule has 1 unspecified atom stereocenters. The summed E-state index contributed by atoms with van der Waals surface area (Å²) in [5, 5.41) is 9.73. The maximum absolute atomic E-state index is 13.1. The monoisotopic (exact) mass is 297 g/mol. The predicted octanol–water partition coefficient (Wildman–Crippen LogP) is 2.67. The van der Waals surface area contributed by atoms with Gasteiger partial charge in [-0.15, -0.1) is 8.78 Å². The SMILES string of the molecule is OC[C@]12CCCN1C(c1ccc3c(c1)OC(F)(F)O3)CC2. The topological polar surface area (TPSA) is 41.9 Å². The van der Waals surface area contributed by atoms with Gasteiger partial charge in [-0.25, -0.2) is 0 Å². The second kappa shape index (κ2) is 4.30. The van der Waals surface area contributed by atoms with Gasteiger partial charge in [-0.2, -0.15) is 0 Å². The number of rotatable bonds is 2. The zero-order valence-corrected chi connectivity index (χ0v) is 11.5. The molecule has 21 heavy (non-hydrogen) atoms. The molecule has 2 saturated heterocycles. The van der Waals surface area contributed by atoms with Crippen LogP contribution in [-0.2, 0) is 0 Å². The number of aliphatic hydroxyl groups is 1. The van der Waals surface area contributed by atoms with Crippen LogP contribution in [-0.4, -0.2) is 35.0 Å². The third-order valence-electron chi connectivity index (χ3n) is 5.01. The Morgan fingerprint density at radius 2 is 2.05 bits per heavy atom. The number of hydrogen-bond donors (Lipinski definition) is 1. The Morgan fingerprint density at radius 1 is 1.24 bits per heavy atom. The van der Waals surface area contributed by atoms with Crippen molar-refractivity contribution in [2.45, 2.75) is 43.6 Å². The molecule has 0 saturated carbocycles. The molecule has 114 valence electrons. The minimum Gasteiger partial charge on any atom is -0.395 e. The van der Waals surface area contributed by atoms with Gasteiger partial charge in [-0.3, -0.25) is 4.90 Å². The molecule has 0 bridgehead atoms. The molecule has 0 amide bonds. The summed E-state index contributed by atoms with van der Waals surface area (Å²) in [6.45, 7) is 1.10. The molecule has 4 rings (SSSR count). The third-order valence-corrected chi connectivity index (χ3v) is 5.01. The zero-order chi connectivity index (χ0) is 14.7. The van der Waals surface area contributed by atoms with Crippen LogP contribution in [0.5, 0.6) is 11.5 Å². The largest absolute Gasteiger partial charge is 0.586 e. The van der Waals surface area contributed by atoms with Crippen molar-refractivity contribution in [1.29, 1.82) is 0 Å². The molecule has 3 heterocycles. The van der Waals surface area contributed by atoms with Crippen molar-refractivity contribution in [3.8, 4) is 11.5 Å². The lowest BCUT2D eigenvalue weighted by Crippen LogP contribution is -2.42. The van der Waals surface area contributed by atoms with Crippen molar-refractivity contribution < 1.29 is 23.4 Å². The summed E-state index contributed by atoms with van der Waals surface area (Å²) in [6.07, 6.45) is 0.372. The van der Waals surface area contributed by atoms with Crippen molar-refractivity contribution >= 4 is 0 Å². The van der Waals surface area contributed by atoms with Crippen LogP contribution >= 0.6 is 0 Å². The number of benzene rings is 1. The van der Waals surface area contributed by atoms with Gasteiger partial charge in [-0.05, 0) is 49.9 Å². The molecule has 0 aromatic heterocycles. The van der Waals surface area contributed by atoms with Gasteiger partial charge in [-0.1, -0.05) is 6.07 Å². The molecule has 1 N–H and O–H groups in total. The van der Waals surface area contributed by atoms with Gasteiger partial charge in [0.1, 0.15) is 0 Å². The van der Waals surface area contributed by atoms with Crippen LogP contribution in [0, 0.1) is 0 Å². The van der Waals surface area contributed by atoms with E-state index in [1.807, 2.05) is 6.07 Å². The molecule has 1 aromatic rings. The highest BCUT2D eigenvalue weighted by Crippen LogP contribution is 2.50. The molecule has 4 nitrogen and oxygen atoms in total. The Hall–Kier alpha value is -1.40. The third kappa shape index (κ3) is 1.92. The normalized spacial score (nSPS) is 33.4. The molecule has 3 aliphatic rings. The van der Waals surface area contributed by atoms with E-state index in [0.29, 0.717) is 0 Å². The van der Waals surface area contributed by atoms with Crippen LogP contribution in [0.15, 0.2) is 18.2 Å². The van der Waals surface area contributed by atoms with Gasteiger partial charge >= 0.3 is 6.29 Å². The molecule has 3 aliphatic heterocycles. The van der Waals surface area contributed by atoms with Crippen LogP contribution in [0.3, 0.4) is 0 Å². The maximum atomic E-state index is 13.1. The number of ether oxygens (including phenoxy) is 2. The molecule has 1 aromatic carbocycles. The number of alkyl halides is 2. The van der Waals surface area contributed by atoms with Crippen molar-refractivity contribution in [3.63, 3.8) is 0 Å². The second-order valence-electron chi connectivity index (χ2n) is 6.11. The highest BCUT2D eigenvalue weighted by atomic mass is 19.3. The van der Waals surface area contributed by atoms with E-state index in [4.69, 9.17) is 0 Å². The Bertz CT molecular complexity index is 580. The number of fused-ring (bicyclic) bond motifs is 2. The molecular weight excluding hydrogens is 280 g/mol. The lowest BCUT2D eigenvalue weighted by molar-refractivity contribution is -0.286. The standard InChI is InChI=1S/C15H17F2NO3/c16-15(17)20-12-3-2-10(8-13(12)21-15)11-4-6-14(9-19)5-1-7-18(11)14/h2-3,8,11,19H,1,4-7,9H2/t11?,14-/m1/s1. The fourth-order valence-corrected chi connectivity index (χ4v) is 4.04.